The fraction of sp³-hybridized carbons (Fsp3) is 0.458. The Morgan fingerprint density at radius 1 is 0.926 bits per heavy atom. The molecule has 3 heteroatoms. The van der Waals surface area contributed by atoms with E-state index in [9.17, 15) is 4.79 Å². The van der Waals surface area contributed by atoms with E-state index >= 15 is 0 Å². The summed E-state index contributed by atoms with van der Waals surface area (Å²) in [5, 5.41) is 0. The van der Waals surface area contributed by atoms with Gasteiger partial charge in [-0.15, -0.1) is 0 Å². The van der Waals surface area contributed by atoms with Crippen LogP contribution in [0, 0.1) is 0 Å². The average molecular weight is 363 g/mol. The van der Waals surface area contributed by atoms with Crippen LogP contribution in [0.5, 0.6) is 0 Å². The quantitative estimate of drug-likeness (QED) is 0.726. The van der Waals surface area contributed by atoms with Crippen molar-refractivity contribution in [2.75, 3.05) is 26.2 Å². The molecule has 0 saturated carbocycles. The molecule has 0 aromatic heterocycles. The fourth-order valence-corrected chi connectivity index (χ4v) is 4.68. The second-order valence-electron chi connectivity index (χ2n) is 7.90. The summed E-state index contributed by atoms with van der Waals surface area (Å²) in [7, 11) is 0. The fourth-order valence-electron chi connectivity index (χ4n) is 4.68. The predicted molar refractivity (Wildman–Crippen MR) is 110 cm³/mol. The number of fused-ring (bicyclic) bond motifs is 3. The van der Waals surface area contributed by atoms with Crippen molar-refractivity contribution in [2.45, 2.75) is 44.6 Å². The van der Waals surface area contributed by atoms with Crippen molar-refractivity contribution >= 4 is 5.91 Å². The predicted octanol–water partition coefficient (Wildman–Crippen LogP) is 4.60. The van der Waals surface area contributed by atoms with E-state index in [1.54, 1.807) is 0 Å². The Morgan fingerprint density at radius 3 is 2.44 bits per heavy atom. The van der Waals surface area contributed by atoms with Crippen molar-refractivity contribution in [1.29, 1.82) is 0 Å². The molecule has 0 aliphatic carbocycles. The molecule has 0 N–H and O–H groups in total. The van der Waals surface area contributed by atoms with Crippen molar-refractivity contribution in [3.63, 3.8) is 0 Å². The third-order valence-corrected chi connectivity index (χ3v) is 6.19. The van der Waals surface area contributed by atoms with Gasteiger partial charge in [0.15, 0.2) is 0 Å². The maximum Gasteiger partial charge on any atom is 0.222 e. The van der Waals surface area contributed by atoms with Gasteiger partial charge in [-0.3, -0.25) is 9.69 Å². The van der Waals surface area contributed by atoms with Gasteiger partial charge >= 0.3 is 0 Å². The third-order valence-electron chi connectivity index (χ3n) is 6.19. The highest BCUT2D eigenvalue weighted by molar-refractivity contribution is 5.76. The highest BCUT2D eigenvalue weighted by Crippen LogP contribution is 2.40. The molecule has 1 saturated heterocycles. The maximum absolute atomic E-state index is 12.7. The summed E-state index contributed by atoms with van der Waals surface area (Å²) in [5.74, 6) is 0.760. The SMILES string of the molecule is CCCCCC(=O)N1CCN2C[C@H](c3ccccc3)c3ccccc3[C@H]2C1. The van der Waals surface area contributed by atoms with Crippen LogP contribution < -0.4 is 0 Å². The molecule has 2 aliphatic heterocycles. The minimum Gasteiger partial charge on any atom is -0.339 e. The topological polar surface area (TPSA) is 23.6 Å². The number of carbonyl (C=O) groups excluding carboxylic acids is 1. The number of nitrogens with zero attached hydrogens (tertiary/aromatic N) is 2. The number of rotatable bonds is 5. The molecule has 1 amide bonds. The molecule has 2 aliphatic rings. The molecule has 2 aromatic carbocycles. The molecule has 27 heavy (non-hydrogen) atoms. The standard InChI is InChI=1S/C24H30N2O/c1-2-3-5-14-24(27)26-16-15-25-17-22(19-10-6-4-7-11-19)20-12-8-9-13-21(20)23(25)18-26/h4,6-13,22-23H,2-3,5,14-18H2,1H3/t22-,23-/m1/s1. The Labute approximate surface area is 163 Å². The zero-order valence-corrected chi connectivity index (χ0v) is 16.3. The van der Waals surface area contributed by atoms with Crippen molar-refractivity contribution in [3.05, 3.63) is 71.3 Å². The van der Waals surface area contributed by atoms with Gasteiger partial charge in [0, 0.05) is 38.5 Å². The summed E-state index contributed by atoms with van der Waals surface area (Å²) in [6, 6.07) is 20.0. The van der Waals surface area contributed by atoms with Gasteiger partial charge in [0.2, 0.25) is 5.91 Å². The van der Waals surface area contributed by atoms with Crippen molar-refractivity contribution in [2.24, 2.45) is 0 Å². The van der Waals surface area contributed by atoms with Gasteiger partial charge in [0.05, 0.1) is 6.04 Å². The summed E-state index contributed by atoms with van der Waals surface area (Å²) >= 11 is 0. The van der Waals surface area contributed by atoms with Crippen LogP contribution in [0.1, 0.15) is 61.3 Å². The van der Waals surface area contributed by atoms with Crippen molar-refractivity contribution in [3.8, 4) is 0 Å². The lowest BCUT2D eigenvalue weighted by molar-refractivity contribution is -0.134. The summed E-state index contributed by atoms with van der Waals surface area (Å²) in [6.07, 6.45) is 4.04. The summed E-state index contributed by atoms with van der Waals surface area (Å²) in [5.41, 5.74) is 4.23. The lowest BCUT2D eigenvalue weighted by atomic mass is 9.80. The third kappa shape index (κ3) is 3.79. The van der Waals surface area contributed by atoms with Crippen LogP contribution in [-0.4, -0.2) is 41.9 Å². The van der Waals surface area contributed by atoms with Gasteiger partial charge in [0.25, 0.3) is 0 Å². The lowest BCUT2D eigenvalue weighted by Crippen LogP contribution is -2.53. The molecule has 142 valence electrons. The number of amides is 1. The van der Waals surface area contributed by atoms with Crippen LogP contribution in [0.15, 0.2) is 54.6 Å². The van der Waals surface area contributed by atoms with E-state index in [1.807, 2.05) is 0 Å². The van der Waals surface area contributed by atoms with Crippen molar-refractivity contribution in [1.82, 2.24) is 9.80 Å². The van der Waals surface area contributed by atoms with Gasteiger partial charge in [-0.25, -0.2) is 0 Å². The Hall–Kier alpha value is -2.13. The van der Waals surface area contributed by atoms with Gasteiger partial charge in [0.1, 0.15) is 0 Å². The van der Waals surface area contributed by atoms with E-state index in [0.29, 0.717) is 24.3 Å². The highest BCUT2D eigenvalue weighted by atomic mass is 16.2. The van der Waals surface area contributed by atoms with Gasteiger partial charge < -0.3 is 4.90 Å². The molecule has 0 spiro atoms. The monoisotopic (exact) mass is 362 g/mol. The van der Waals surface area contributed by atoms with Crippen LogP contribution >= 0.6 is 0 Å². The smallest absolute Gasteiger partial charge is 0.222 e. The molecule has 0 bridgehead atoms. The van der Waals surface area contributed by atoms with E-state index in [1.165, 1.54) is 16.7 Å². The molecule has 2 aromatic rings. The molecule has 1 fully saturated rings. The number of benzene rings is 2. The van der Waals surface area contributed by atoms with E-state index in [4.69, 9.17) is 0 Å². The first-order valence-corrected chi connectivity index (χ1v) is 10.4. The average Bonchev–Trinajstić information content (AvgIpc) is 2.73. The first-order valence-electron chi connectivity index (χ1n) is 10.4. The van der Waals surface area contributed by atoms with E-state index in [2.05, 4.69) is 71.3 Å². The first-order chi connectivity index (χ1) is 13.3. The number of unbranched alkanes of at least 4 members (excludes halogenated alkanes) is 2. The number of hydrogen-bond acceptors (Lipinski definition) is 2. The van der Waals surface area contributed by atoms with Crippen LogP contribution in [0.3, 0.4) is 0 Å². The molecule has 2 atom stereocenters. The molecule has 2 heterocycles. The molecule has 0 unspecified atom stereocenters. The Kier molecular flexibility index (Phi) is 5.58. The number of hydrogen-bond donors (Lipinski definition) is 0. The Morgan fingerprint density at radius 2 is 1.67 bits per heavy atom. The normalized spacial score (nSPS) is 22.2. The molecule has 4 rings (SSSR count). The molecule has 0 radical (unpaired) electrons. The van der Waals surface area contributed by atoms with Crippen LogP contribution in [0.2, 0.25) is 0 Å². The summed E-state index contributed by atoms with van der Waals surface area (Å²) in [6.45, 7) is 5.91. The van der Waals surface area contributed by atoms with Gasteiger partial charge in [-0.05, 0) is 23.1 Å². The lowest BCUT2D eigenvalue weighted by Gasteiger charge is -2.47. The van der Waals surface area contributed by atoms with E-state index < -0.39 is 0 Å². The zero-order valence-electron chi connectivity index (χ0n) is 16.3. The second kappa shape index (κ2) is 8.26. The Balaban J connectivity index is 1.56. The molecular weight excluding hydrogens is 332 g/mol. The zero-order chi connectivity index (χ0) is 18.6. The second-order valence-corrected chi connectivity index (χ2v) is 7.90. The van der Waals surface area contributed by atoms with E-state index in [0.717, 1.165) is 45.4 Å². The largest absolute Gasteiger partial charge is 0.339 e. The van der Waals surface area contributed by atoms with Crippen LogP contribution in [0.25, 0.3) is 0 Å². The van der Waals surface area contributed by atoms with Gasteiger partial charge in [-0.1, -0.05) is 74.4 Å². The minimum atomic E-state index is 0.338. The summed E-state index contributed by atoms with van der Waals surface area (Å²) in [4.78, 5) is 17.4. The maximum atomic E-state index is 12.7. The highest BCUT2D eigenvalue weighted by Gasteiger charge is 2.37. The number of piperazine rings is 1. The Bertz CT molecular complexity index is 773. The molecule has 3 nitrogen and oxygen atoms in total. The van der Waals surface area contributed by atoms with Crippen LogP contribution in [-0.2, 0) is 4.79 Å². The first kappa shape index (κ1) is 18.2. The molecular formula is C24H30N2O. The van der Waals surface area contributed by atoms with Gasteiger partial charge in [-0.2, -0.15) is 0 Å². The minimum absolute atomic E-state index is 0.338. The number of carbonyl (C=O) groups is 1. The summed E-state index contributed by atoms with van der Waals surface area (Å²) < 4.78 is 0. The van der Waals surface area contributed by atoms with Crippen LogP contribution in [0.4, 0.5) is 0 Å². The van der Waals surface area contributed by atoms with E-state index in [-0.39, 0.29) is 0 Å². The van der Waals surface area contributed by atoms with Crippen molar-refractivity contribution < 1.29 is 4.79 Å².